The molecule has 1 saturated heterocycles. The van der Waals surface area contributed by atoms with E-state index < -0.39 is 0 Å². The van der Waals surface area contributed by atoms with Crippen LogP contribution in [0.4, 0.5) is 5.69 Å². The Balaban J connectivity index is 0.00000208. The molecule has 1 aliphatic heterocycles. The molecule has 5 heteroatoms. The third-order valence-corrected chi connectivity index (χ3v) is 4.25. The van der Waals surface area contributed by atoms with Crippen LogP contribution in [0.25, 0.3) is 0 Å². The molecule has 2 aromatic carbocycles. The summed E-state index contributed by atoms with van der Waals surface area (Å²) in [5, 5.41) is 3.02. The Morgan fingerprint density at radius 3 is 2.71 bits per heavy atom. The van der Waals surface area contributed by atoms with Crippen LogP contribution in [0.15, 0.2) is 54.6 Å². The van der Waals surface area contributed by atoms with E-state index in [1.54, 1.807) is 24.3 Å². The fourth-order valence-electron chi connectivity index (χ4n) is 3.07. The number of hydrogen-bond donors (Lipinski definition) is 2. The molecule has 3 rings (SSSR count). The Bertz CT molecular complexity index is 663. The molecule has 3 N–H and O–H groups in total. The zero-order chi connectivity index (χ0) is 16.1. The van der Waals surface area contributed by atoms with Crippen LogP contribution in [0.5, 0.6) is 0 Å². The van der Waals surface area contributed by atoms with Crippen LogP contribution in [0.3, 0.4) is 0 Å². The number of anilines is 1. The molecule has 24 heavy (non-hydrogen) atoms. The molecular weight excluding hydrogens is 324 g/mol. The monoisotopic (exact) mass is 346 g/mol. The molecule has 128 valence electrons. The summed E-state index contributed by atoms with van der Waals surface area (Å²) in [5.41, 5.74) is 8.10. The molecule has 0 bridgehead atoms. The largest absolute Gasteiger partial charge is 0.399 e. The van der Waals surface area contributed by atoms with Crippen molar-refractivity contribution in [2.75, 3.05) is 18.9 Å². The van der Waals surface area contributed by atoms with Crippen molar-refractivity contribution in [3.63, 3.8) is 0 Å². The quantitative estimate of drug-likeness (QED) is 0.831. The highest BCUT2D eigenvalue weighted by Gasteiger charge is 2.27. The minimum Gasteiger partial charge on any atom is -0.399 e. The molecule has 0 radical (unpaired) electrons. The average Bonchev–Trinajstić information content (AvgIpc) is 2.60. The normalized spacial score (nSPS) is 20.0. The van der Waals surface area contributed by atoms with Crippen molar-refractivity contribution in [2.45, 2.75) is 18.9 Å². The standard InChI is InChI=1S/C19H22N2O2.ClH/c20-17-10-4-8-15(12-17)19(22)21-13-16-9-5-11-23-18(16)14-6-2-1-3-7-14;/h1-4,6-8,10,12,16,18H,5,9,11,13,20H2,(H,21,22);1H. The molecule has 2 unspecified atom stereocenters. The number of hydrogen-bond acceptors (Lipinski definition) is 3. The molecule has 0 saturated carbocycles. The van der Waals surface area contributed by atoms with Crippen molar-refractivity contribution in [1.29, 1.82) is 0 Å². The summed E-state index contributed by atoms with van der Waals surface area (Å²) in [6.07, 6.45) is 2.13. The molecule has 0 aliphatic carbocycles. The van der Waals surface area contributed by atoms with Crippen LogP contribution in [-0.4, -0.2) is 19.1 Å². The molecular formula is C19H23ClN2O2. The van der Waals surface area contributed by atoms with E-state index in [0.717, 1.165) is 19.4 Å². The third-order valence-electron chi connectivity index (χ3n) is 4.25. The molecule has 1 aliphatic rings. The van der Waals surface area contributed by atoms with Gasteiger partial charge in [0.05, 0.1) is 6.10 Å². The topological polar surface area (TPSA) is 64.4 Å². The van der Waals surface area contributed by atoms with Crippen molar-refractivity contribution in [3.8, 4) is 0 Å². The van der Waals surface area contributed by atoms with E-state index in [0.29, 0.717) is 17.8 Å². The molecule has 0 aromatic heterocycles. The summed E-state index contributed by atoms with van der Waals surface area (Å²) in [4.78, 5) is 12.3. The second kappa shape index (κ2) is 8.71. The minimum absolute atomic E-state index is 0. The molecule has 1 amide bonds. The number of nitrogen functional groups attached to an aromatic ring is 1. The summed E-state index contributed by atoms with van der Waals surface area (Å²) in [6, 6.07) is 17.3. The lowest BCUT2D eigenvalue weighted by atomic mass is 9.89. The number of halogens is 1. The van der Waals surface area contributed by atoms with Crippen LogP contribution in [0.1, 0.15) is 34.9 Å². The van der Waals surface area contributed by atoms with E-state index in [1.807, 2.05) is 18.2 Å². The van der Waals surface area contributed by atoms with Gasteiger partial charge in [0.2, 0.25) is 0 Å². The predicted molar refractivity (Wildman–Crippen MR) is 98.3 cm³/mol. The predicted octanol–water partition coefficient (Wildman–Crippen LogP) is 3.59. The number of carbonyl (C=O) groups is 1. The summed E-state index contributed by atoms with van der Waals surface area (Å²) in [6.45, 7) is 1.38. The SMILES string of the molecule is Cl.Nc1cccc(C(=O)NCC2CCCOC2c2ccccc2)c1. The highest BCUT2D eigenvalue weighted by molar-refractivity contribution is 5.94. The maximum absolute atomic E-state index is 12.3. The third kappa shape index (κ3) is 4.49. The van der Waals surface area contributed by atoms with Gasteiger partial charge in [0.15, 0.2) is 0 Å². The van der Waals surface area contributed by atoms with Crippen LogP contribution in [-0.2, 0) is 4.74 Å². The van der Waals surface area contributed by atoms with Gasteiger partial charge in [-0.1, -0.05) is 36.4 Å². The van der Waals surface area contributed by atoms with Crippen LogP contribution >= 0.6 is 12.4 Å². The smallest absolute Gasteiger partial charge is 0.251 e. The zero-order valence-corrected chi connectivity index (χ0v) is 14.3. The van der Waals surface area contributed by atoms with Gasteiger partial charge >= 0.3 is 0 Å². The summed E-state index contributed by atoms with van der Waals surface area (Å²) in [5.74, 6) is 0.200. The Hall–Kier alpha value is -2.04. The highest BCUT2D eigenvalue weighted by Crippen LogP contribution is 2.33. The van der Waals surface area contributed by atoms with Gasteiger partial charge in [-0.2, -0.15) is 0 Å². The number of rotatable bonds is 4. The van der Waals surface area contributed by atoms with Crippen molar-refractivity contribution in [3.05, 3.63) is 65.7 Å². The van der Waals surface area contributed by atoms with Gasteiger partial charge in [0.1, 0.15) is 0 Å². The van der Waals surface area contributed by atoms with Crippen molar-refractivity contribution < 1.29 is 9.53 Å². The van der Waals surface area contributed by atoms with E-state index >= 15 is 0 Å². The number of carbonyl (C=O) groups excluding carboxylic acids is 1. The van der Waals surface area contributed by atoms with Crippen molar-refractivity contribution in [1.82, 2.24) is 5.32 Å². The lowest BCUT2D eigenvalue weighted by Gasteiger charge is -2.32. The first kappa shape index (κ1) is 18.3. The van der Waals surface area contributed by atoms with Crippen molar-refractivity contribution in [2.24, 2.45) is 5.92 Å². The lowest BCUT2D eigenvalue weighted by molar-refractivity contribution is -0.0272. The maximum atomic E-state index is 12.3. The van der Waals surface area contributed by atoms with E-state index in [9.17, 15) is 4.79 Å². The van der Waals surface area contributed by atoms with Gasteiger partial charge in [-0.15, -0.1) is 12.4 Å². The number of nitrogens with two attached hydrogens (primary N) is 1. The lowest BCUT2D eigenvalue weighted by Crippen LogP contribution is -2.35. The molecule has 0 spiro atoms. The fraction of sp³-hybridized carbons (Fsp3) is 0.316. The maximum Gasteiger partial charge on any atom is 0.251 e. The van der Waals surface area contributed by atoms with Gasteiger partial charge in [0.25, 0.3) is 5.91 Å². The van der Waals surface area contributed by atoms with E-state index in [1.165, 1.54) is 5.56 Å². The zero-order valence-electron chi connectivity index (χ0n) is 13.5. The van der Waals surface area contributed by atoms with E-state index in [4.69, 9.17) is 10.5 Å². The summed E-state index contributed by atoms with van der Waals surface area (Å²) in [7, 11) is 0. The van der Waals surface area contributed by atoms with Gasteiger partial charge in [-0.25, -0.2) is 0 Å². The molecule has 2 atom stereocenters. The Labute approximate surface area is 148 Å². The molecule has 1 fully saturated rings. The second-order valence-electron chi connectivity index (χ2n) is 5.94. The highest BCUT2D eigenvalue weighted by atomic mass is 35.5. The van der Waals surface area contributed by atoms with Crippen LogP contribution < -0.4 is 11.1 Å². The average molecular weight is 347 g/mol. The van der Waals surface area contributed by atoms with E-state index in [2.05, 4.69) is 17.4 Å². The second-order valence-corrected chi connectivity index (χ2v) is 5.94. The minimum atomic E-state index is -0.0883. The Kier molecular flexibility index (Phi) is 6.64. The van der Waals surface area contributed by atoms with Gasteiger partial charge < -0.3 is 15.8 Å². The first-order chi connectivity index (χ1) is 11.2. The number of benzene rings is 2. The van der Waals surface area contributed by atoms with Gasteiger partial charge in [-0.05, 0) is 36.6 Å². The van der Waals surface area contributed by atoms with Gasteiger partial charge in [0, 0.05) is 30.3 Å². The van der Waals surface area contributed by atoms with Crippen LogP contribution in [0, 0.1) is 5.92 Å². The Morgan fingerprint density at radius 1 is 1.17 bits per heavy atom. The summed E-state index contributed by atoms with van der Waals surface area (Å²) >= 11 is 0. The summed E-state index contributed by atoms with van der Waals surface area (Å²) < 4.78 is 5.96. The molecule has 1 heterocycles. The van der Waals surface area contributed by atoms with Gasteiger partial charge in [-0.3, -0.25) is 4.79 Å². The van der Waals surface area contributed by atoms with E-state index in [-0.39, 0.29) is 30.3 Å². The number of nitrogens with one attached hydrogen (secondary N) is 1. The Morgan fingerprint density at radius 2 is 1.96 bits per heavy atom. The number of amides is 1. The fourth-order valence-corrected chi connectivity index (χ4v) is 3.07. The molecule has 4 nitrogen and oxygen atoms in total. The first-order valence-corrected chi connectivity index (χ1v) is 8.04. The van der Waals surface area contributed by atoms with Crippen molar-refractivity contribution >= 4 is 24.0 Å². The van der Waals surface area contributed by atoms with Crippen LogP contribution in [0.2, 0.25) is 0 Å². The first-order valence-electron chi connectivity index (χ1n) is 8.04. The molecule has 2 aromatic rings. The number of ether oxygens (including phenoxy) is 1.